The lowest BCUT2D eigenvalue weighted by Crippen LogP contribution is -1.97. The molecule has 1 nitrogen and oxygen atoms in total. The van der Waals surface area contributed by atoms with Gasteiger partial charge in [-0.15, -0.1) is 11.6 Å². The molecule has 2 rings (SSSR count). The fourth-order valence-electron chi connectivity index (χ4n) is 1.68. The first kappa shape index (κ1) is 12.0. The fraction of sp³-hybridized carbons (Fsp3) is 0.200. The molecule has 88 valence electrons. The van der Waals surface area contributed by atoms with Gasteiger partial charge in [-0.05, 0) is 29.7 Å². The number of halogens is 1. The summed E-state index contributed by atoms with van der Waals surface area (Å²) in [5.41, 5.74) is 3.42. The van der Waals surface area contributed by atoms with Gasteiger partial charge in [0, 0.05) is 5.88 Å². The van der Waals surface area contributed by atoms with Crippen LogP contribution in [-0.4, -0.2) is 0 Å². The summed E-state index contributed by atoms with van der Waals surface area (Å²) in [6, 6.07) is 16.2. The van der Waals surface area contributed by atoms with E-state index in [2.05, 4.69) is 6.07 Å². The van der Waals surface area contributed by atoms with Crippen LogP contribution < -0.4 is 4.74 Å². The molecule has 0 fully saturated rings. The van der Waals surface area contributed by atoms with Crippen molar-refractivity contribution in [2.45, 2.75) is 19.4 Å². The summed E-state index contributed by atoms with van der Waals surface area (Å²) >= 11 is 5.80. The molecule has 0 heterocycles. The Morgan fingerprint density at radius 3 is 2.53 bits per heavy atom. The highest BCUT2D eigenvalue weighted by Crippen LogP contribution is 2.18. The minimum Gasteiger partial charge on any atom is -0.489 e. The van der Waals surface area contributed by atoms with Gasteiger partial charge >= 0.3 is 0 Å². The first-order valence-electron chi connectivity index (χ1n) is 5.62. The average Bonchev–Trinajstić information content (AvgIpc) is 2.38. The minimum atomic E-state index is 0.540. The fourth-order valence-corrected chi connectivity index (χ4v) is 1.85. The average molecular weight is 247 g/mol. The molecule has 0 bridgehead atoms. The van der Waals surface area contributed by atoms with Crippen molar-refractivity contribution in [3.8, 4) is 5.75 Å². The largest absolute Gasteiger partial charge is 0.489 e. The van der Waals surface area contributed by atoms with Gasteiger partial charge in [-0.25, -0.2) is 0 Å². The quantitative estimate of drug-likeness (QED) is 0.731. The van der Waals surface area contributed by atoms with Crippen molar-refractivity contribution in [2.75, 3.05) is 0 Å². The Morgan fingerprint density at radius 2 is 1.76 bits per heavy atom. The molecule has 0 spiro atoms. The normalized spacial score (nSPS) is 10.2. The molecule has 0 aliphatic heterocycles. The van der Waals surface area contributed by atoms with Gasteiger partial charge in [0.25, 0.3) is 0 Å². The lowest BCUT2D eigenvalue weighted by Gasteiger charge is -2.09. The van der Waals surface area contributed by atoms with Crippen LogP contribution in [0.4, 0.5) is 0 Å². The number of hydrogen-bond donors (Lipinski definition) is 0. The van der Waals surface area contributed by atoms with E-state index in [0.29, 0.717) is 12.5 Å². The Labute approximate surface area is 107 Å². The van der Waals surface area contributed by atoms with Crippen molar-refractivity contribution in [3.63, 3.8) is 0 Å². The third-order valence-electron chi connectivity index (χ3n) is 2.63. The number of benzene rings is 2. The first-order valence-corrected chi connectivity index (χ1v) is 6.15. The molecular formula is C15H15ClO. The third-order valence-corrected chi connectivity index (χ3v) is 2.94. The number of ether oxygens (including phenoxy) is 1. The van der Waals surface area contributed by atoms with E-state index < -0.39 is 0 Å². The number of hydrogen-bond acceptors (Lipinski definition) is 1. The topological polar surface area (TPSA) is 9.23 Å². The van der Waals surface area contributed by atoms with Crippen LogP contribution in [0.1, 0.15) is 16.7 Å². The molecule has 0 amide bonds. The van der Waals surface area contributed by atoms with Crippen LogP contribution in [0, 0.1) is 6.92 Å². The van der Waals surface area contributed by atoms with Gasteiger partial charge in [0.2, 0.25) is 0 Å². The SMILES string of the molecule is Cc1ccccc1OCc1cccc(CCl)c1. The minimum absolute atomic E-state index is 0.540. The predicted octanol–water partition coefficient (Wildman–Crippen LogP) is 4.31. The maximum absolute atomic E-state index is 5.80. The highest BCUT2D eigenvalue weighted by atomic mass is 35.5. The monoisotopic (exact) mass is 246 g/mol. The summed E-state index contributed by atoms with van der Waals surface area (Å²) in [6.45, 7) is 2.63. The van der Waals surface area contributed by atoms with E-state index in [0.717, 1.165) is 22.4 Å². The summed E-state index contributed by atoms with van der Waals surface area (Å²) in [5.74, 6) is 1.47. The van der Waals surface area contributed by atoms with Crippen LogP contribution in [0.2, 0.25) is 0 Å². The highest BCUT2D eigenvalue weighted by molar-refractivity contribution is 6.17. The second kappa shape index (κ2) is 5.74. The molecule has 2 heteroatoms. The van der Waals surface area contributed by atoms with Gasteiger partial charge in [0.1, 0.15) is 12.4 Å². The van der Waals surface area contributed by atoms with Crippen molar-refractivity contribution >= 4 is 11.6 Å². The van der Waals surface area contributed by atoms with Crippen LogP contribution in [0.5, 0.6) is 5.75 Å². The van der Waals surface area contributed by atoms with Crippen LogP contribution >= 0.6 is 11.6 Å². The predicted molar refractivity (Wildman–Crippen MR) is 71.5 cm³/mol. The molecule has 0 saturated carbocycles. The van der Waals surface area contributed by atoms with E-state index in [1.807, 2.05) is 49.4 Å². The molecule has 0 aliphatic rings. The zero-order valence-corrected chi connectivity index (χ0v) is 10.6. The van der Waals surface area contributed by atoms with Crippen LogP contribution in [0.3, 0.4) is 0 Å². The van der Waals surface area contributed by atoms with E-state index in [1.54, 1.807) is 0 Å². The summed E-state index contributed by atoms with van der Waals surface area (Å²) in [4.78, 5) is 0. The summed E-state index contributed by atoms with van der Waals surface area (Å²) in [6.07, 6.45) is 0. The van der Waals surface area contributed by atoms with Crippen LogP contribution in [0.25, 0.3) is 0 Å². The Bertz CT molecular complexity index is 494. The zero-order chi connectivity index (χ0) is 12.1. The molecule has 0 N–H and O–H groups in total. The molecular weight excluding hydrogens is 232 g/mol. The van der Waals surface area contributed by atoms with E-state index >= 15 is 0 Å². The van der Waals surface area contributed by atoms with Crippen molar-refractivity contribution in [1.29, 1.82) is 0 Å². The molecule has 0 radical (unpaired) electrons. The van der Waals surface area contributed by atoms with Crippen molar-refractivity contribution in [2.24, 2.45) is 0 Å². The van der Waals surface area contributed by atoms with E-state index in [1.165, 1.54) is 0 Å². The molecule has 0 atom stereocenters. The first-order chi connectivity index (χ1) is 8.29. The maximum atomic E-state index is 5.80. The smallest absolute Gasteiger partial charge is 0.122 e. The third kappa shape index (κ3) is 3.24. The Morgan fingerprint density at radius 1 is 1.00 bits per heavy atom. The zero-order valence-electron chi connectivity index (χ0n) is 9.82. The number of rotatable bonds is 4. The van der Waals surface area contributed by atoms with Gasteiger partial charge in [0.05, 0.1) is 0 Å². The Balaban J connectivity index is 2.05. The molecule has 0 unspecified atom stereocenters. The summed E-state index contributed by atoms with van der Waals surface area (Å²) in [5, 5.41) is 0. The van der Waals surface area contributed by atoms with Crippen LogP contribution in [0.15, 0.2) is 48.5 Å². The van der Waals surface area contributed by atoms with Gasteiger partial charge in [-0.3, -0.25) is 0 Å². The molecule has 2 aromatic carbocycles. The molecule has 0 aromatic heterocycles. The summed E-state index contributed by atoms with van der Waals surface area (Å²) in [7, 11) is 0. The second-order valence-electron chi connectivity index (χ2n) is 4.01. The number of alkyl halides is 1. The lowest BCUT2D eigenvalue weighted by atomic mass is 10.1. The van der Waals surface area contributed by atoms with Crippen molar-refractivity contribution < 1.29 is 4.74 Å². The van der Waals surface area contributed by atoms with Gasteiger partial charge < -0.3 is 4.74 Å². The maximum Gasteiger partial charge on any atom is 0.122 e. The van der Waals surface area contributed by atoms with E-state index in [9.17, 15) is 0 Å². The molecule has 0 aliphatic carbocycles. The van der Waals surface area contributed by atoms with Gasteiger partial charge in [-0.2, -0.15) is 0 Å². The van der Waals surface area contributed by atoms with E-state index in [4.69, 9.17) is 16.3 Å². The molecule has 2 aromatic rings. The molecule has 17 heavy (non-hydrogen) atoms. The standard InChI is InChI=1S/C15H15ClO/c1-12-5-2-3-8-15(12)17-11-14-7-4-6-13(9-14)10-16/h2-9H,10-11H2,1H3. The highest BCUT2D eigenvalue weighted by Gasteiger charge is 1.99. The number of aryl methyl sites for hydroxylation is 1. The van der Waals surface area contributed by atoms with Crippen molar-refractivity contribution in [3.05, 3.63) is 65.2 Å². The lowest BCUT2D eigenvalue weighted by molar-refractivity contribution is 0.304. The second-order valence-corrected chi connectivity index (χ2v) is 4.28. The Kier molecular flexibility index (Phi) is 4.05. The molecule has 0 saturated heterocycles. The van der Waals surface area contributed by atoms with Gasteiger partial charge in [-0.1, -0.05) is 42.5 Å². The Hall–Kier alpha value is -1.47. The number of para-hydroxylation sites is 1. The van der Waals surface area contributed by atoms with Crippen LogP contribution in [-0.2, 0) is 12.5 Å². The summed E-state index contributed by atoms with van der Waals surface area (Å²) < 4.78 is 5.78. The van der Waals surface area contributed by atoms with Gasteiger partial charge in [0.15, 0.2) is 0 Å². The van der Waals surface area contributed by atoms with E-state index in [-0.39, 0.29) is 0 Å². The van der Waals surface area contributed by atoms with Crippen molar-refractivity contribution in [1.82, 2.24) is 0 Å².